The van der Waals surface area contributed by atoms with Crippen LogP contribution in [0.1, 0.15) is 37.4 Å². The van der Waals surface area contributed by atoms with Gasteiger partial charge in [0.25, 0.3) is 0 Å². The molecule has 1 aromatic heterocycles. The van der Waals surface area contributed by atoms with Gasteiger partial charge in [-0.15, -0.1) is 11.3 Å². The smallest absolute Gasteiger partial charge is 0.0931 e. The number of aromatic nitrogens is 1. The van der Waals surface area contributed by atoms with Crippen molar-refractivity contribution < 1.29 is 0 Å². The van der Waals surface area contributed by atoms with E-state index in [-0.39, 0.29) is 0 Å². The highest BCUT2D eigenvalue weighted by Gasteiger charge is 2.24. The van der Waals surface area contributed by atoms with Gasteiger partial charge in [-0.3, -0.25) is 0 Å². The average molecular weight is 267 g/mol. The summed E-state index contributed by atoms with van der Waals surface area (Å²) in [6, 6.07) is 0.686. The fraction of sp³-hybridized carbons (Fsp3) is 0.786. The van der Waals surface area contributed by atoms with E-state index in [4.69, 9.17) is 10.7 Å². The standard InChI is InChI=1S/C14H25N3S/c1-11(2)17-7-5-12(9-17)8-14-16-13(10-18-14)4-3-6-15/h10-12H,3-9,15H2,1-2H3. The number of nitrogens with two attached hydrogens (primary N) is 1. The minimum Gasteiger partial charge on any atom is -0.330 e. The molecule has 1 saturated heterocycles. The van der Waals surface area contributed by atoms with Crippen LogP contribution in [0.15, 0.2) is 5.38 Å². The second-order valence-electron chi connectivity index (χ2n) is 5.57. The van der Waals surface area contributed by atoms with E-state index in [9.17, 15) is 0 Å². The van der Waals surface area contributed by atoms with Gasteiger partial charge in [0.2, 0.25) is 0 Å². The van der Waals surface area contributed by atoms with Crippen LogP contribution in [-0.2, 0) is 12.8 Å². The highest BCUT2D eigenvalue weighted by Crippen LogP contribution is 2.24. The Morgan fingerprint density at radius 1 is 1.56 bits per heavy atom. The summed E-state index contributed by atoms with van der Waals surface area (Å²) in [5, 5.41) is 3.53. The van der Waals surface area contributed by atoms with Crippen molar-refractivity contribution in [3.63, 3.8) is 0 Å². The van der Waals surface area contributed by atoms with Crippen LogP contribution in [0.3, 0.4) is 0 Å². The molecular formula is C14H25N3S. The van der Waals surface area contributed by atoms with Crippen LogP contribution >= 0.6 is 11.3 Å². The highest BCUT2D eigenvalue weighted by molar-refractivity contribution is 7.09. The summed E-state index contributed by atoms with van der Waals surface area (Å²) in [4.78, 5) is 7.30. The molecule has 2 heterocycles. The molecule has 1 fully saturated rings. The summed E-state index contributed by atoms with van der Waals surface area (Å²) in [6.07, 6.45) is 4.58. The Bertz CT molecular complexity index is 362. The molecule has 1 unspecified atom stereocenters. The van der Waals surface area contributed by atoms with Crippen molar-refractivity contribution in [2.24, 2.45) is 11.7 Å². The Labute approximate surface area is 114 Å². The Balaban J connectivity index is 1.81. The highest BCUT2D eigenvalue weighted by atomic mass is 32.1. The molecule has 1 aliphatic heterocycles. The lowest BCUT2D eigenvalue weighted by molar-refractivity contribution is 0.265. The molecule has 3 nitrogen and oxygen atoms in total. The van der Waals surface area contributed by atoms with Crippen LogP contribution in [0.5, 0.6) is 0 Å². The molecule has 0 spiro atoms. The van der Waals surface area contributed by atoms with Gasteiger partial charge in [-0.1, -0.05) is 0 Å². The topological polar surface area (TPSA) is 42.2 Å². The van der Waals surface area contributed by atoms with Crippen molar-refractivity contribution >= 4 is 11.3 Å². The molecule has 18 heavy (non-hydrogen) atoms. The number of hydrogen-bond donors (Lipinski definition) is 1. The number of aryl methyl sites for hydroxylation is 1. The molecule has 1 atom stereocenters. The maximum atomic E-state index is 5.53. The normalized spacial score (nSPS) is 21.0. The van der Waals surface area contributed by atoms with E-state index in [1.807, 2.05) is 11.3 Å². The van der Waals surface area contributed by atoms with Crippen LogP contribution in [0.4, 0.5) is 0 Å². The van der Waals surface area contributed by atoms with E-state index in [2.05, 4.69) is 24.1 Å². The largest absolute Gasteiger partial charge is 0.330 e. The molecule has 0 saturated carbocycles. The van der Waals surface area contributed by atoms with Gasteiger partial charge < -0.3 is 10.6 Å². The fourth-order valence-electron chi connectivity index (χ4n) is 2.59. The lowest BCUT2D eigenvalue weighted by Crippen LogP contribution is -2.28. The number of likely N-dealkylation sites (tertiary alicyclic amines) is 1. The monoisotopic (exact) mass is 267 g/mol. The summed E-state index contributed by atoms with van der Waals surface area (Å²) < 4.78 is 0. The van der Waals surface area contributed by atoms with E-state index in [0.717, 1.165) is 31.7 Å². The van der Waals surface area contributed by atoms with E-state index >= 15 is 0 Å². The van der Waals surface area contributed by atoms with Crippen molar-refractivity contribution in [1.29, 1.82) is 0 Å². The Kier molecular flexibility index (Phi) is 5.15. The summed E-state index contributed by atoms with van der Waals surface area (Å²) >= 11 is 1.83. The zero-order chi connectivity index (χ0) is 13.0. The molecule has 1 aliphatic rings. The Morgan fingerprint density at radius 3 is 3.06 bits per heavy atom. The van der Waals surface area contributed by atoms with Gasteiger partial charge >= 0.3 is 0 Å². The minimum atomic E-state index is 0.686. The van der Waals surface area contributed by atoms with Crippen molar-refractivity contribution in [2.75, 3.05) is 19.6 Å². The zero-order valence-electron chi connectivity index (χ0n) is 11.6. The predicted molar refractivity (Wildman–Crippen MR) is 78.0 cm³/mol. The second kappa shape index (κ2) is 6.64. The maximum absolute atomic E-state index is 5.53. The number of hydrogen-bond acceptors (Lipinski definition) is 4. The summed E-state index contributed by atoms with van der Waals surface area (Å²) in [5.41, 5.74) is 6.76. The van der Waals surface area contributed by atoms with Gasteiger partial charge in [0.05, 0.1) is 10.7 Å². The van der Waals surface area contributed by atoms with Crippen LogP contribution in [0.2, 0.25) is 0 Å². The molecule has 0 amide bonds. The van der Waals surface area contributed by atoms with E-state index < -0.39 is 0 Å². The maximum Gasteiger partial charge on any atom is 0.0931 e. The van der Waals surface area contributed by atoms with E-state index in [1.165, 1.54) is 30.2 Å². The molecule has 102 valence electrons. The Morgan fingerprint density at radius 2 is 2.39 bits per heavy atom. The van der Waals surface area contributed by atoms with E-state index in [1.54, 1.807) is 0 Å². The first-order valence-corrected chi connectivity index (χ1v) is 7.94. The minimum absolute atomic E-state index is 0.686. The lowest BCUT2D eigenvalue weighted by atomic mass is 10.1. The number of rotatable bonds is 6. The Hall–Kier alpha value is -0.450. The lowest BCUT2D eigenvalue weighted by Gasteiger charge is -2.19. The van der Waals surface area contributed by atoms with Crippen molar-refractivity contribution in [3.8, 4) is 0 Å². The molecule has 2 N–H and O–H groups in total. The van der Waals surface area contributed by atoms with Crippen LogP contribution in [0.25, 0.3) is 0 Å². The predicted octanol–water partition coefficient (Wildman–Crippen LogP) is 2.31. The first-order chi connectivity index (χ1) is 8.69. The third kappa shape index (κ3) is 3.77. The molecule has 2 rings (SSSR count). The summed E-state index contributed by atoms with van der Waals surface area (Å²) in [6.45, 7) is 7.84. The average Bonchev–Trinajstić information content (AvgIpc) is 2.96. The molecule has 4 heteroatoms. The SMILES string of the molecule is CC(C)N1CCC(Cc2nc(CCCN)cs2)C1. The first kappa shape index (κ1) is 14.0. The third-order valence-electron chi connectivity index (χ3n) is 3.75. The van der Waals surface area contributed by atoms with Gasteiger partial charge in [-0.05, 0) is 52.1 Å². The number of thiazole rings is 1. The second-order valence-corrected chi connectivity index (χ2v) is 6.51. The van der Waals surface area contributed by atoms with Crippen molar-refractivity contribution in [2.45, 2.75) is 45.6 Å². The van der Waals surface area contributed by atoms with Gasteiger partial charge in [-0.25, -0.2) is 4.98 Å². The first-order valence-electron chi connectivity index (χ1n) is 7.06. The van der Waals surface area contributed by atoms with Crippen molar-refractivity contribution in [1.82, 2.24) is 9.88 Å². The van der Waals surface area contributed by atoms with Crippen molar-refractivity contribution in [3.05, 3.63) is 16.1 Å². The third-order valence-corrected chi connectivity index (χ3v) is 4.67. The summed E-state index contributed by atoms with van der Waals surface area (Å²) in [7, 11) is 0. The molecule has 0 radical (unpaired) electrons. The van der Waals surface area contributed by atoms with Crippen LogP contribution in [-0.4, -0.2) is 35.6 Å². The van der Waals surface area contributed by atoms with Crippen LogP contribution < -0.4 is 5.73 Å². The van der Waals surface area contributed by atoms with Gasteiger partial charge in [0, 0.05) is 24.4 Å². The molecule has 0 aliphatic carbocycles. The zero-order valence-corrected chi connectivity index (χ0v) is 12.4. The molecule has 0 aromatic carbocycles. The number of nitrogens with zero attached hydrogens (tertiary/aromatic N) is 2. The molecular weight excluding hydrogens is 242 g/mol. The molecule has 1 aromatic rings. The van der Waals surface area contributed by atoms with Gasteiger partial charge in [-0.2, -0.15) is 0 Å². The summed E-state index contributed by atoms with van der Waals surface area (Å²) in [5.74, 6) is 0.806. The van der Waals surface area contributed by atoms with Crippen LogP contribution in [0, 0.1) is 5.92 Å². The van der Waals surface area contributed by atoms with Gasteiger partial charge in [0.1, 0.15) is 0 Å². The fourth-order valence-corrected chi connectivity index (χ4v) is 3.53. The molecule has 0 bridgehead atoms. The van der Waals surface area contributed by atoms with Gasteiger partial charge in [0.15, 0.2) is 0 Å². The quantitative estimate of drug-likeness (QED) is 0.860. The van der Waals surface area contributed by atoms with E-state index in [0.29, 0.717) is 6.04 Å².